The summed E-state index contributed by atoms with van der Waals surface area (Å²) in [6.45, 7) is 2.29. The Morgan fingerprint density at radius 1 is 1.25 bits per heavy atom. The van der Waals surface area contributed by atoms with Crippen molar-refractivity contribution in [1.29, 1.82) is 0 Å². The fourth-order valence-corrected chi connectivity index (χ4v) is 5.38. The van der Waals surface area contributed by atoms with Crippen LogP contribution < -0.4 is 0 Å². The zero-order valence-corrected chi connectivity index (χ0v) is 9.27. The zero-order valence-electron chi connectivity index (χ0n) is 7.64. The number of rotatable bonds is 0. The van der Waals surface area contributed by atoms with Crippen LogP contribution in [0.4, 0.5) is 0 Å². The van der Waals surface area contributed by atoms with Crippen molar-refractivity contribution >= 4 is 23.5 Å². The maximum Gasteiger partial charge on any atom is 0.0793 e. The molecule has 0 aromatic heterocycles. The van der Waals surface area contributed by atoms with E-state index < -0.39 is 0 Å². The highest BCUT2D eigenvalue weighted by molar-refractivity contribution is 8.19. The van der Waals surface area contributed by atoms with Crippen LogP contribution in [0, 0.1) is 0 Å². The van der Waals surface area contributed by atoms with Crippen LogP contribution in [0.1, 0.15) is 32.6 Å². The Morgan fingerprint density at radius 3 is 2.67 bits per heavy atom. The van der Waals surface area contributed by atoms with Gasteiger partial charge in [0.25, 0.3) is 0 Å². The summed E-state index contributed by atoms with van der Waals surface area (Å²) in [5, 5.41) is 0. The van der Waals surface area contributed by atoms with E-state index in [2.05, 4.69) is 36.5 Å². The van der Waals surface area contributed by atoms with E-state index in [1.54, 1.807) is 5.57 Å². The second kappa shape index (κ2) is 3.67. The van der Waals surface area contributed by atoms with E-state index in [1.807, 2.05) is 0 Å². The van der Waals surface area contributed by atoms with Gasteiger partial charge in [-0.15, -0.1) is 23.5 Å². The van der Waals surface area contributed by atoms with Crippen molar-refractivity contribution in [2.24, 2.45) is 0 Å². The Morgan fingerprint density at radius 2 is 2.00 bits per heavy atom. The van der Waals surface area contributed by atoms with Crippen molar-refractivity contribution in [3.8, 4) is 0 Å². The predicted octanol–water partition coefficient (Wildman–Crippen LogP) is 3.68. The van der Waals surface area contributed by atoms with Crippen LogP contribution in [0.5, 0.6) is 0 Å². The van der Waals surface area contributed by atoms with Gasteiger partial charge in [0.2, 0.25) is 0 Å². The fourth-order valence-electron chi connectivity index (χ4n) is 1.95. The lowest BCUT2D eigenvalue weighted by molar-refractivity contribution is 0.683. The third-order valence-electron chi connectivity index (χ3n) is 2.54. The van der Waals surface area contributed by atoms with Crippen LogP contribution in [0.15, 0.2) is 11.6 Å². The Bertz CT molecular complexity index is 190. The molecule has 2 heteroatoms. The topological polar surface area (TPSA) is 0 Å². The largest absolute Gasteiger partial charge is 0.140 e. The molecule has 2 aliphatic rings. The normalized spacial score (nSPS) is 28.6. The second-order valence-corrected chi connectivity index (χ2v) is 6.82. The summed E-state index contributed by atoms with van der Waals surface area (Å²) < 4.78 is 0.501. The standard InChI is InChI=1S/C10H16S2/c1-9-4-2-5-10(8-9)11-6-3-7-12-10/h8H,2-7H2,1H3. The Kier molecular flexibility index (Phi) is 2.75. The molecule has 0 radical (unpaired) electrons. The fraction of sp³-hybridized carbons (Fsp3) is 0.800. The molecule has 0 atom stereocenters. The summed E-state index contributed by atoms with van der Waals surface area (Å²) in [6.07, 6.45) is 8.08. The van der Waals surface area contributed by atoms with E-state index in [0.717, 1.165) is 0 Å². The van der Waals surface area contributed by atoms with Crippen molar-refractivity contribution in [1.82, 2.24) is 0 Å². The summed E-state index contributed by atoms with van der Waals surface area (Å²) in [5.41, 5.74) is 1.61. The third-order valence-corrected chi connectivity index (χ3v) is 5.86. The molecule has 0 aromatic carbocycles. The third kappa shape index (κ3) is 1.85. The zero-order chi connectivity index (χ0) is 8.44. The van der Waals surface area contributed by atoms with Crippen LogP contribution in [0.25, 0.3) is 0 Å². The predicted molar refractivity (Wildman–Crippen MR) is 59.9 cm³/mol. The maximum absolute atomic E-state index is 2.53. The first-order valence-electron chi connectivity index (χ1n) is 4.77. The lowest BCUT2D eigenvalue weighted by Crippen LogP contribution is -2.25. The van der Waals surface area contributed by atoms with Crippen molar-refractivity contribution in [2.45, 2.75) is 36.7 Å². The molecule has 0 N–H and O–H groups in total. The first kappa shape index (κ1) is 9.01. The average molecular weight is 200 g/mol. The lowest BCUT2D eigenvalue weighted by Gasteiger charge is -2.36. The molecule has 0 bridgehead atoms. The molecule has 0 amide bonds. The monoisotopic (exact) mass is 200 g/mol. The average Bonchev–Trinajstić information content (AvgIpc) is 2.05. The Balaban J connectivity index is 2.12. The summed E-state index contributed by atoms with van der Waals surface area (Å²) in [4.78, 5) is 0. The molecule has 68 valence electrons. The highest BCUT2D eigenvalue weighted by atomic mass is 32.2. The summed E-state index contributed by atoms with van der Waals surface area (Å²) in [5.74, 6) is 2.74. The number of hydrogen-bond acceptors (Lipinski definition) is 2. The van der Waals surface area contributed by atoms with Gasteiger partial charge in [-0.1, -0.05) is 11.6 Å². The van der Waals surface area contributed by atoms with Gasteiger partial charge in [0, 0.05) is 0 Å². The van der Waals surface area contributed by atoms with Gasteiger partial charge >= 0.3 is 0 Å². The number of allylic oxidation sites excluding steroid dienone is 1. The van der Waals surface area contributed by atoms with Crippen LogP contribution in [0.3, 0.4) is 0 Å². The van der Waals surface area contributed by atoms with Crippen molar-refractivity contribution in [2.75, 3.05) is 11.5 Å². The SMILES string of the molecule is CC1=CC2(CCC1)SCCCS2. The molecule has 12 heavy (non-hydrogen) atoms. The molecule has 0 saturated carbocycles. The summed E-state index contributed by atoms with van der Waals surface area (Å²) in [7, 11) is 0. The van der Waals surface area contributed by atoms with E-state index in [9.17, 15) is 0 Å². The van der Waals surface area contributed by atoms with Crippen LogP contribution in [0.2, 0.25) is 0 Å². The molecule has 1 fully saturated rings. The molecule has 1 aliphatic heterocycles. The number of hydrogen-bond donors (Lipinski definition) is 0. The molecule has 1 spiro atoms. The minimum absolute atomic E-state index is 0.501. The van der Waals surface area contributed by atoms with Gasteiger partial charge in [-0.05, 0) is 44.1 Å². The molecule has 0 nitrogen and oxygen atoms in total. The molecular formula is C10H16S2. The van der Waals surface area contributed by atoms with Gasteiger partial charge in [0.15, 0.2) is 0 Å². The second-order valence-electron chi connectivity index (χ2n) is 3.71. The van der Waals surface area contributed by atoms with E-state index >= 15 is 0 Å². The van der Waals surface area contributed by atoms with E-state index in [1.165, 1.54) is 37.2 Å². The molecule has 1 heterocycles. The van der Waals surface area contributed by atoms with Gasteiger partial charge in [-0.2, -0.15) is 0 Å². The first-order valence-corrected chi connectivity index (χ1v) is 6.74. The quantitative estimate of drug-likeness (QED) is 0.547. The molecule has 0 aromatic rings. The van der Waals surface area contributed by atoms with Crippen molar-refractivity contribution < 1.29 is 0 Å². The van der Waals surface area contributed by atoms with Gasteiger partial charge in [0.05, 0.1) is 4.08 Å². The highest BCUT2D eigenvalue weighted by Crippen LogP contribution is 2.49. The Hall–Kier alpha value is 0.440. The molecule has 0 unspecified atom stereocenters. The van der Waals surface area contributed by atoms with E-state index in [4.69, 9.17) is 0 Å². The molecule has 1 aliphatic carbocycles. The van der Waals surface area contributed by atoms with E-state index in [-0.39, 0.29) is 0 Å². The van der Waals surface area contributed by atoms with Crippen molar-refractivity contribution in [3.63, 3.8) is 0 Å². The molecular weight excluding hydrogens is 184 g/mol. The van der Waals surface area contributed by atoms with Gasteiger partial charge < -0.3 is 0 Å². The Labute approximate surface area is 83.6 Å². The smallest absolute Gasteiger partial charge is 0.0793 e. The highest BCUT2D eigenvalue weighted by Gasteiger charge is 2.32. The minimum Gasteiger partial charge on any atom is -0.140 e. The molecule has 2 rings (SSSR count). The summed E-state index contributed by atoms with van der Waals surface area (Å²) >= 11 is 4.35. The van der Waals surface area contributed by atoms with Gasteiger partial charge in [0.1, 0.15) is 0 Å². The van der Waals surface area contributed by atoms with E-state index in [0.29, 0.717) is 4.08 Å². The molecule has 1 saturated heterocycles. The number of thioether (sulfide) groups is 2. The van der Waals surface area contributed by atoms with Gasteiger partial charge in [-0.25, -0.2) is 0 Å². The van der Waals surface area contributed by atoms with Gasteiger partial charge in [-0.3, -0.25) is 0 Å². The minimum atomic E-state index is 0.501. The van der Waals surface area contributed by atoms with Crippen molar-refractivity contribution in [3.05, 3.63) is 11.6 Å². The first-order chi connectivity index (χ1) is 5.81. The summed E-state index contributed by atoms with van der Waals surface area (Å²) in [6, 6.07) is 0. The lowest BCUT2D eigenvalue weighted by atomic mass is 10.0. The van der Waals surface area contributed by atoms with Crippen LogP contribution in [-0.2, 0) is 0 Å². The van der Waals surface area contributed by atoms with Crippen LogP contribution in [-0.4, -0.2) is 15.6 Å². The maximum atomic E-state index is 2.53. The van der Waals surface area contributed by atoms with Crippen LogP contribution >= 0.6 is 23.5 Å².